The molecule has 10 heteroatoms. The van der Waals surface area contributed by atoms with Gasteiger partial charge in [-0.3, -0.25) is 10.1 Å². The van der Waals surface area contributed by atoms with Gasteiger partial charge in [0.15, 0.2) is 5.82 Å². The molecule has 2 heterocycles. The van der Waals surface area contributed by atoms with E-state index in [2.05, 4.69) is 14.7 Å². The number of nitrogens with one attached hydrogen (secondary N) is 1. The van der Waals surface area contributed by atoms with E-state index in [9.17, 15) is 18.0 Å². The lowest BCUT2D eigenvalue weighted by Crippen LogP contribution is -2.13. The molecule has 3 rings (SSSR count). The first-order valence-corrected chi connectivity index (χ1v) is 9.79. The molecule has 1 amide bonds. The van der Waals surface area contributed by atoms with Crippen LogP contribution in [0, 0.1) is 6.92 Å². The summed E-state index contributed by atoms with van der Waals surface area (Å²) in [5, 5.41) is 3.09. The van der Waals surface area contributed by atoms with E-state index in [0.717, 1.165) is 23.7 Å². The quantitative estimate of drug-likeness (QED) is 0.630. The summed E-state index contributed by atoms with van der Waals surface area (Å²) < 4.78 is 43.0. The number of nitrogens with zero attached hydrogens (tertiary/aromatic N) is 3. The molecule has 148 valence electrons. The van der Waals surface area contributed by atoms with Gasteiger partial charge in [0.1, 0.15) is 0 Å². The summed E-state index contributed by atoms with van der Waals surface area (Å²) in [5.41, 5.74) is 0.109. The highest BCUT2D eigenvalue weighted by Gasteiger charge is 2.30. The molecule has 28 heavy (non-hydrogen) atoms. The molecule has 0 bridgehead atoms. The molecule has 0 aliphatic rings. The van der Waals surface area contributed by atoms with Crippen molar-refractivity contribution in [3.8, 4) is 10.4 Å². The molecule has 5 nitrogen and oxygen atoms in total. The second kappa shape index (κ2) is 7.98. The maximum absolute atomic E-state index is 12.9. The number of aromatic nitrogens is 2. The number of anilines is 1. The number of alkyl halides is 3. The Morgan fingerprint density at radius 3 is 2.68 bits per heavy atom. The molecule has 3 aromatic rings. The molecule has 0 aliphatic heterocycles. The van der Waals surface area contributed by atoms with Crippen LogP contribution in [-0.4, -0.2) is 34.3 Å². The molecule has 0 aliphatic carbocycles. The first-order chi connectivity index (χ1) is 13.1. The van der Waals surface area contributed by atoms with Crippen LogP contribution < -0.4 is 5.32 Å². The van der Waals surface area contributed by atoms with Gasteiger partial charge in [-0.2, -0.15) is 17.5 Å². The van der Waals surface area contributed by atoms with Crippen LogP contribution in [-0.2, 0) is 12.7 Å². The fourth-order valence-corrected chi connectivity index (χ4v) is 4.10. The first-order valence-electron chi connectivity index (χ1n) is 8.20. The molecule has 0 saturated carbocycles. The van der Waals surface area contributed by atoms with Crippen molar-refractivity contribution in [2.45, 2.75) is 19.6 Å². The highest BCUT2D eigenvalue weighted by atomic mass is 32.1. The molecule has 0 radical (unpaired) electrons. The Balaban J connectivity index is 1.80. The normalized spacial score (nSPS) is 11.8. The molecular formula is C18H17F3N4OS2. The number of hydrogen-bond donors (Lipinski definition) is 1. The first kappa shape index (κ1) is 20.4. The predicted octanol–water partition coefficient (Wildman–Crippen LogP) is 4.91. The van der Waals surface area contributed by atoms with E-state index < -0.39 is 11.7 Å². The van der Waals surface area contributed by atoms with Gasteiger partial charge in [-0.25, -0.2) is 4.98 Å². The maximum atomic E-state index is 12.9. The van der Waals surface area contributed by atoms with Crippen LogP contribution in [0.1, 0.15) is 26.6 Å². The van der Waals surface area contributed by atoms with E-state index in [-0.39, 0.29) is 5.91 Å². The van der Waals surface area contributed by atoms with Gasteiger partial charge in [0.2, 0.25) is 5.13 Å². The lowest BCUT2D eigenvalue weighted by molar-refractivity contribution is -0.137. The van der Waals surface area contributed by atoms with E-state index in [1.165, 1.54) is 17.4 Å². The maximum Gasteiger partial charge on any atom is 0.416 e. The SMILES string of the molecule is Cc1sc(-c2cccc(C(F)(F)F)c2)cc1C(=O)Nc1nc(CN(C)C)ns1. The number of amides is 1. The molecule has 0 fully saturated rings. The predicted molar refractivity (Wildman–Crippen MR) is 105 cm³/mol. The topological polar surface area (TPSA) is 58.1 Å². The molecule has 0 spiro atoms. The Morgan fingerprint density at radius 2 is 2.00 bits per heavy atom. The van der Waals surface area contributed by atoms with Gasteiger partial charge in [-0.05, 0) is 44.8 Å². The minimum absolute atomic E-state index is 0.362. The van der Waals surface area contributed by atoms with Crippen molar-refractivity contribution in [2.75, 3.05) is 19.4 Å². The van der Waals surface area contributed by atoms with E-state index in [1.54, 1.807) is 19.1 Å². The number of thiophene rings is 1. The van der Waals surface area contributed by atoms with Crippen molar-refractivity contribution in [1.82, 2.24) is 14.3 Å². The summed E-state index contributed by atoms with van der Waals surface area (Å²) in [4.78, 5) is 20.1. The van der Waals surface area contributed by atoms with E-state index in [1.807, 2.05) is 19.0 Å². The van der Waals surface area contributed by atoms with Crippen LogP contribution in [0.25, 0.3) is 10.4 Å². The Morgan fingerprint density at radius 1 is 1.25 bits per heavy atom. The largest absolute Gasteiger partial charge is 0.416 e. The number of hydrogen-bond acceptors (Lipinski definition) is 6. The van der Waals surface area contributed by atoms with Crippen LogP contribution in [0.5, 0.6) is 0 Å². The van der Waals surface area contributed by atoms with Gasteiger partial charge < -0.3 is 4.90 Å². The minimum Gasteiger partial charge on any atom is -0.302 e. The molecule has 1 N–H and O–H groups in total. The molecular weight excluding hydrogens is 409 g/mol. The van der Waals surface area contributed by atoms with Gasteiger partial charge in [0.05, 0.1) is 17.7 Å². The second-order valence-electron chi connectivity index (χ2n) is 6.37. The smallest absolute Gasteiger partial charge is 0.302 e. The number of aryl methyl sites for hydroxylation is 1. The Hall–Kier alpha value is -2.30. The van der Waals surface area contributed by atoms with E-state index in [0.29, 0.717) is 38.4 Å². The number of rotatable bonds is 5. The molecule has 0 unspecified atom stereocenters. The highest BCUT2D eigenvalue weighted by Crippen LogP contribution is 2.36. The van der Waals surface area contributed by atoms with Crippen LogP contribution in [0.3, 0.4) is 0 Å². The summed E-state index contributed by atoms with van der Waals surface area (Å²) in [6, 6.07) is 6.68. The van der Waals surface area contributed by atoms with Crippen LogP contribution in [0.15, 0.2) is 30.3 Å². The number of carbonyl (C=O) groups excluding carboxylic acids is 1. The fraction of sp³-hybridized carbons (Fsp3) is 0.278. The van der Waals surface area contributed by atoms with Crippen molar-refractivity contribution in [1.29, 1.82) is 0 Å². The number of halogens is 3. The van der Waals surface area contributed by atoms with Crippen molar-refractivity contribution in [3.05, 3.63) is 52.2 Å². The zero-order chi connectivity index (χ0) is 20.5. The Bertz CT molecular complexity index is 995. The third-order valence-corrected chi connectivity index (χ3v) is 5.55. The Kier molecular flexibility index (Phi) is 5.82. The van der Waals surface area contributed by atoms with Crippen LogP contribution in [0.4, 0.5) is 18.3 Å². The standard InChI is InChI=1S/C18H17F3N4OS2/c1-10-13(16(26)23-17-22-15(24-28-17)9-25(2)3)8-14(27-10)11-5-4-6-12(7-11)18(19,20)21/h4-8H,9H2,1-3H3,(H,22,23,24,26). The van der Waals surface area contributed by atoms with Crippen LogP contribution in [0.2, 0.25) is 0 Å². The number of carbonyl (C=O) groups is 1. The van der Waals surface area contributed by atoms with Gasteiger partial charge in [0.25, 0.3) is 5.91 Å². The summed E-state index contributed by atoms with van der Waals surface area (Å²) in [6.45, 7) is 2.32. The summed E-state index contributed by atoms with van der Waals surface area (Å²) >= 11 is 2.36. The van der Waals surface area contributed by atoms with E-state index in [4.69, 9.17) is 0 Å². The second-order valence-corrected chi connectivity index (χ2v) is 8.37. The van der Waals surface area contributed by atoms with Gasteiger partial charge in [0, 0.05) is 21.3 Å². The molecule has 0 atom stereocenters. The summed E-state index contributed by atoms with van der Waals surface area (Å²) in [6.07, 6.45) is -4.41. The lowest BCUT2D eigenvalue weighted by Gasteiger charge is -2.07. The summed E-state index contributed by atoms with van der Waals surface area (Å²) in [7, 11) is 3.78. The minimum atomic E-state index is -4.41. The lowest BCUT2D eigenvalue weighted by atomic mass is 10.1. The molecule has 0 saturated heterocycles. The third kappa shape index (κ3) is 4.75. The van der Waals surface area contributed by atoms with Gasteiger partial charge in [-0.1, -0.05) is 12.1 Å². The van der Waals surface area contributed by atoms with Crippen molar-refractivity contribution < 1.29 is 18.0 Å². The average Bonchev–Trinajstić information content (AvgIpc) is 3.20. The Labute approximate surface area is 168 Å². The van der Waals surface area contributed by atoms with Crippen molar-refractivity contribution in [3.63, 3.8) is 0 Å². The van der Waals surface area contributed by atoms with Gasteiger partial charge >= 0.3 is 6.18 Å². The fourth-order valence-electron chi connectivity index (χ4n) is 2.51. The monoisotopic (exact) mass is 426 g/mol. The average molecular weight is 426 g/mol. The zero-order valence-electron chi connectivity index (χ0n) is 15.3. The van der Waals surface area contributed by atoms with Gasteiger partial charge in [-0.15, -0.1) is 11.3 Å². The molecule has 1 aromatic carbocycles. The zero-order valence-corrected chi connectivity index (χ0v) is 16.9. The third-order valence-electron chi connectivity index (χ3n) is 3.78. The van der Waals surface area contributed by atoms with Crippen LogP contribution >= 0.6 is 22.9 Å². The highest BCUT2D eigenvalue weighted by molar-refractivity contribution is 7.15. The van der Waals surface area contributed by atoms with Crippen molar-refractivity contribution in [2.24, 2.45) is 0 Å². The number of benzene rings is 1. The molecule has 2 aromatic heterocycles. The van der Waals surface area contributed by atoms with Crippen molar-refractivity contribution >= 4 is 33.9 Å². The van der Waals surface area contributed by atoms with E-state index >= 15 is 0 Å². The summed E-state index contributed by atoms with van der Waals surface area (Å²) in [5.74, 6) is 0.247.